The quantitative estimate of drug-likeness (QED) is 0.525. The van der Waals surface area contributed by atoms with Crippen molar-refractivity contribution in [3.63, 3.8) is 0 Å². The van der Waals surface area contributed by atoms with Crippen molar-refractivity contribution in [3.05, 3.63) is 24.3 Å². The summed E-state index contributed by atoms with van der Waals surface area (Å²) >= 11 is -0.556. The Morgan fingerprint density at radius 2 is 1.56 bits per heavy atom. The molecule has 0 amide bonds. The van der Waals surface area contributed by atoms with Gasteiger partial charge in [0.1, 0.15) is 0 Å². The van der Waals surface area contributed by atoms with Crippen LogP contribution in [0.3, 0.4) is 0 Å². The molecule has 0 atom stereocenters. The van der Waals surface area contributed by atoms with Gasteiger partial charge in [0.2, 0.25) is 0 Å². The summed E-state index contributed by atoms with van der Waals surface area (Å²) in [4.78, 5) is 0. The van der Waals surface area contributed by atoms with Crippen molar-refractivity contribution in [2.75, 3.05) is 0 Å². The molecule has 50 valence electrons. The van der Waals surface area contributed by atoms with Crippen LogP contribution in [0.25, 0.3) is 0 Å². The van der Waals surface area contributed by atoms with Crippen LogP contribution in [0.1, 0.15) is 6.92 Å². The Morgan fingerprint density at radius 3 is 1.67 bits per heavy atom. The molecule has 0 aromatic rings. The summed E-state index contributed by atoms with van der Waals surface area (Å²) in [5.41, 5.74) is 0. The van der Waals surface area contributed by atoms with Gasteiger partial charge < -0.3 is 0 Å². The molecule has 0 fully saturated rings. The molecule has 0 heterocycles. The summed E-state index contributed by atoms with van der Waals surface area (Å²) in [7, 11) is 9.78. The van der Waals surface area contributed by atoms with E-state index in [-0.39, 0.29) is 0 Å². The first kappa shape index (κ1) is 9.77. The van der Waals surface area contributed by atoms with Crippen LogP contribution in [-0.2, 0) is 17.0 Å². The van der Waals surface area contributed by atoms with E-state index in [1.54, 1.807) is 0 Å². The fraction of sp³-hybridized carbons (Fsp3) is 0.333. The molecule has 0 aromatic carbocycles. The van der Waals surface area contributed by atoms with Crippen molar-refractivity contribution < 1.29 is 17.0 Å². The van der Waals surface area contributed by atoms with Gasteiger partial charge in [-0.05, 0) is 5.92 Å². The molecule has 1 aliphatic carbocycles. The fourth-order valence-electron chi connectivity index (χ4n) is 0.543. The molecule has 0 aliphatic heterocycles. The van der Waals surface area contributed by atoms with Crippen molar-refractivity contribution in [3.8, 4) is 0 Å². The minimum atomic E-state index is -0.556. The van der Waals surface area contributed by atoms with Crippen LogP contribution >= 0.6 is 18.6 Å². The second kappa shape index (κ2) is 6.89. The number of rotatable bonds is 0. The topological polar surface area (TPSA) is 0 Å². The Hall–Kier alpha value is 0.774. The van der Waals surface area contributed by atoms with Crippen LogP contribution in [0.5, 0.6) is 0 Å². The molecule has 0 N–H and O–H groups in total. The summed E-state index contributed by atoms with van der Waals surface area (Å²) < 4.78 is 0. The van der Waals surface area contributed by atoms with Gasteiger partial charge in [0.25, 0.3) is 0 Å². The predicted molar refractivity (Wildman–Crippen MR) is 39.2 cm³/mol. The molecule has 1 rings (SSSR count). The van der Waals surface area contributed by atoms with Crippen LogP contribution in [-0.4, -0.2) is 0 Å². The molecule has 0 aromatic heterocycles. The first-order valence-corrected chi connectivity index (χ1v) is 6.92. The number of halogens is 2. The molecule has 0 unspecified atom stereocenters. The molecule has 9 heavy (non-hydrogen) atoms. The van der Waals surface area contributed by atoms with Crippen LogP contribution in [0, 0.1) is 5.92 Å². The zero-order valence-electron chi connectivity index (χ0n) is 5.14. The van der Waals surface area contributed by atoms with Crippen LogP contribution in [0.4, 0.5) is 0 Å². The van der Waals surface area contributed by atoms with E-state index in [0.29, 0.717) is 5.92 Å². The zero-order chi connectivity index (χ0) is 7.11. The van der Waals surface area contributed by atoms with Crippen LogP contribution < -0.4 is 0 Å². The molecule has 0 nitrogen and oxygen atoms in total. The van der Waals surface area contributed by atoms with Gasteiger partial charge in [0.05, 0.1) is 0 Å². The van der Waals surface area contributed by atoms with Crippen molar-refractivity contribution in [1.82, 2.24) is 0 Å². The van der Waals surface area contributed by atoms with E-state index in [1.165, 1.54) is 0 Å². The summed E-state index contributed by atoms with van der Waals surface area (Å²) in [6, 6.07) is 0. The van der Waals surface area contributed by atoms with Gasteiger partial charge in [0.15, 0.2) is 0 Å². The van der Waals surface area contributed by atoms with E-state index < -0.39 is 17.0 Å². The van der Waals surface area contributed by atoms with Crippen molar-refractivity contribution in [2.45, 2.75) is 6.92 Å². The molecular formula is C6H8Cl2Ti. The van der Waals surface area contributed by atoms with Gasteiger partial charge in [-0.15, -0.1) is 0 Å². The maximum absolute atomic E-state index is 4.89. The van der Waals surface area contributed by atoms with Crippen molar-refractivity contribution in [1.29, 1.82) is 0 Å². The summed E-state index contributed by atoms with van der Waals surface area (Å²) in [6.07, 6.45) is 8.48. The Bertz CT molecular complexity index is 97.6. The van der Waals surface area contributed by atoms with E-state index >= 15 is 0 Å². The second-order valence-electron chi connectivity index (χ2n) is 1.70. The molecule has 3 heteroatoms. The molecule has 0 spiro atoms. The Kier molecular flexibility index (Phi) is 7.48. The average Bonchev–Trinajstić information content (AvgIpc) is 2.20. The Balaban J connectivity index is 0.000000187. The van der Waals surface area contributed by atoms with E-state index in [4.69, 9.17) is 18.6 Å². The SMILES string of the molecule is CC1C=CC=C1.[Cl][Ti][Cl]. The van der Waals surface area contributed by atoms with E-state index in [9.17, 15) is 0 Å². The van der Waals surface area contributed by atoms with Gasteiger partial charge in [-0.25, -0.2) is 0 Å². The van der Waals surface area contributed by atoms with E-state index in [2.05, 4.69) is 31.2 Å². The van der Waals surface area contributed by atoms with Gasteiger partial charge >= 0.3 is 35.6 Å². The molecular weight excluding hydrogens is 191 g/mol. The summed E-state index contributed by atoms with van der Waals surface area (Å²) in [6.45, 7) is 2.17. The van der Waals surface area contributed by atoms with Crippen molar-refractivity contribution >= 4 is 18.6 Å². The van der Waals surface area contributed by atoms with Crippen molar-refractivity contribution in [2.24, 2.45) is 5.92 Å². The molecule has 0 saturated carbocycles. The number of hydrogen-bond donors (Lipinski definition) is 0. The van der Waals surface area contributed by atoms with Gasteiger partial charge in [0, 0.05) is 0 Å². The third kappa shape index (κ3) is 6.66. The number of allylic oxidation sites excluding steroid dienone is 4. The van der Waals surface area contributed by atoms with E-state index in [0.717, 1.165) is 0 Å². The van der Waals surface area contributed by atoms with Crippen LogP contribution in [0.15, 0.2) is 24.3 Å². The average molecular weight is 199 g/mol. The third-order valence-corrected chi connectivity index (χ3v) is 0.940. The maximum atomic E-state index is 4.89. The Morgan fingerprint density at radius 1 is 1.22 bits per heavy atom. The summed E-state index contributed by atoms with van der Waals surface area (Å²) in [5.74, 6) is 0.685. The minimum absolute atomic E-state index is 0.556. The second-order valence-corrected chi connectivity index (χ2v) is 4.28. The standard InChI is InChI=1S/C6H8.2ClH.Ti/c1-6-4-2-3-5-6;;;/h2-6H,1H3;2*1H;/q;;;+2/p-2. The Labute approximate surface area is 72.6 Å². The van der Waals surface area contributed by atoms with Gasteiger partial charge in [-0.2, -0.15) is 0 Å². The van der Waals surface area contributed by atoms with E-state index in [1.807, 2.05) is 0 Å². The monoisotopic (exact) mass is 198 g/mol. The van der Waals surface area contributed by atoms with Gasteiger partial charge in [-0.3, -0.25) is 0 Å². The fourth-order valence-corrected chi connectivity index (χ4v) is 0.543. The molecule has 0 bridgehead atoms. The molecule has 0 radical (unpaired) electrons. The normalized spacial score (nSPS) is 15.0. The van der Waals surface area contributed by atoms with Crippen LogP contribution in [0.2, 0.25) is 0 Å². The molecule has 1 aliphatic rings. The number of hydrogen-bond acceptors (Lipinski definition) is 0. The third-order valence-electron chi connectivity index (χ3n) is 0.940. The van der Waals surface area contributed by atoms with Gasteiger partial charge in [-0.1, -0.05) is 31.2 Å². The zero-order valence-corrected chi connectivity index (χ0v) is 8.22. The first-order chi connectivity index (χ1) is 4.31. The predicted octanol–water partition coefficient (Wildman–Crippen LogP) is 3.13. The molecule has 0 saturated heterocycles. The summed E-state index contributed by atoms with van der Waals surface area (Å²) in [5, 5.41) is 0. The first-order valence-electron chi connectivity index (χ1n) is 2.62.